The Morgan fingerprint density at radius 2 is 2.25 bits per heavy atom. The number of rotatable bonds is 6. The quantitative estimate of drug-likeness (QED) is 0.774. The van der Waals surface area contributed by atoms with Crippen molar-refractivity contribution in [3.05, 3.63) is 23.8 Å². The first-order valence-corrected chi connectivity index (χ1v) is 5.95. The maximum absolute atomic E-state index is 9.69. The molecule has 0 atom stereocenters. The fourth-order valence-electron chi connectivity index (χ4n) is 1.69. The van der Waals surface area contributed by atoms with E-state index in [2.05, 4.69) is 5.32 Å². The molecule has 0 radical (unpaired) electrons. The Morgan fingerprint density at radius 3 is 2.94 bits per heavy atom. The van der Waals surface area contributed by atoms with Crippen LogP contribution in [0.1, 0.15) is 25.3 Å². The molecule has 1 aromatic carbocycles. The number of phenols is 1. The van der Waals surface area contributed by atoms with Gasteiger partial charge < -0.3 is 15.2 Å². The number of ether oxygens (including phenoxy) is 1. The second-order valence-electron chi connectivity index (χ2n) is 4.30. The van der Waals surface area contributed by atoms with Gasteiger partial charge in [0, 0.05) is 12.1 Å². The summed E-state index contributed by atoms with van der Waals surface area (Å²) in [6, 6.07) is 5.39. The van der Waals surface area contributed by atoms with E-state index in [0.717, 1.165) is 23.8 Å². The summed E-state index contributed by atoms with van der Waals surface area (Å²) >= 11 is 0. The van der Waals surface area contributed by atoms with Gasteiger partial charge in [0.15, 0.2) is 0 Å². The van der Waals surface area contributed by atoms with E-state index in [9.17, 15) is 5.11 Å². The van der Waals surface area contributed by atoms with Crippen molar-refractivity contribution in [1.82, 2.24) is 5.32 Å². The minimum absolute atomic E-state index is 0.340. The molecule has 2 rings (SSSR count). The third-order valence-corrected chi connectivity index (χ3v) is 2.81. The van der Waals surface area contributed by atoms with Crippen LogP contribution in [0.3, 0.4) is 0 Å². The van der Waals surface area contributed by atoms with Crippen LogP contribution in [0, 0.1) is 5.92 Å². The molecule has 2 N–H and O–H groups in total. The van der Waals surface area contributed by atoms with Gasteiger partial charge in [-0.25, -0.2) is 0 Å². The molecule has 1 aromatic rings. The highest BCUT2D eigenvalue weighted by Gasteiger charge is 2.20. The molecule has 0 spiro atoms. The molecule has 0 saturated heterocycles. The molecule has 0 aliphatic heterocycles. The molecule has 1 aliphatic carbocycles. The van der Waals surface area contributed by atoms with E-state index in [1.807, 2.05) is 13.0 Å². The number of benzene rings is 1. The number of hydrogen-bond acceptors (Lipinski definition) is 3. The van der Waals surface area contributed by atoms with Crippen molar-refractivity contribution in [1.29, 1.82) is 0 Å². The van der Waals surface area contributed by atoms with Crippen LogP contribution in [0.25, 0.3) is 0 Å². The van der Waals surface area contributed by atoms with Crippen LogP contribution in [0.5, 0.6) is 11.5 Å². The minimum Gasteiger partial charge on any atom is -0.508 e. The van der Waals surface area contributed by atoms with E-state index in [0.29, 0.717) is 18.9 Å². The van der Waals surface area contributed by atoms with Crippen molar-refractivity contribution in [2.75, 3.05) is 13.2 Å². The summed E-state index contributed by atoms with van der Waals surface area (Å²) in [5.41, 5.74) is 0.909. The SMILES string of the molecule is CCOc1ccc(O)c(CNCC2CC2)c1. The molecule has 0 bridgehead atoms. The van der Waals surface area contributed by atoms with Crippen LogP contribution in [-0.4, -0.2) is 18.3 Å². The predicted molar refractivity (Wildman–Crippen MR) is 63.7 cm³/mol. The Kier molecular flexibility index (Phi) is 3.67. The zero-order valence-corrected chi connectivity index (χ0v) is 9.70. The molecular formula is C13H19NO2. The zero-order valence-electron chi connectivity index (χ0n) is 9.70. The van der Waals surface area contributed by atoms with Crippen molar-refractivity contribution in [3.8, 4) is 11.5 Å². The van der Waals surface area contributed by atoms with E-state index < -0.39 is 0 Å². The van der Waals surface area contributed by atoms with E-state index in [1.54, 1.807) is 12.1 Å². The van der Waals surface area contributed by atoms with Crippen molar-refractivity contribution < 1.29 is 9.84 Å². The van der Waals surface area contributed by atoms with Crippen LogP contribution in [0.4, 0.5) is 0 Å². The van der Waals surface area contributed by atoms with E-state index in [-0.39, 0.29) is 0 Å². The molecule has 1 saturated carbocycles. The Bertz CT molecular complexity index is 348. The number of phenolic OH excluding ortho intramolecular Hbond substituents is 1. The average Bonchev–Trinajstić information content (AvgIpc) is 3.07. The highest BCUT2D eigenvalue weighted by atomic mass is 16.5. The van der Waals surface area contributed by atoms with Crippen molar-refractivity contribution in [3.63, 3.8) is 0 Å². The van der Waals surface area contributed by atoms with E-state index in [4.69, 9.17) is 4.74 Å². The first-order valence-electron chi connectivity index (χ1n) is 5.95. The van der Waals surface area contributed by atoms with Crippen LogP contribution >= 0.6 is 0 Å². The lowest BCUT2D eigenvalue weighted by molar-refractivity contribution is 0.338. The standard InChI is InChI=1S/C13H19NO2/c1-2-16-12-5-6-13(15)11(7-12)9-14-8-10-3-4-10/h5-7,10,14-15H,2-4,8-9H2,1H3. The lowest BCUT2D eigenvalue weighted by Gasteiger charge is -2.09. The lowest BCUT2D eigenvalue weighted by Crippen LogP contribution is -2.16. The Hall–Kier alpha value is -1.22. The van der Waals surface area contributed by atoms with E-state index >= 15 is 0 Å². The molecule has 0 amide bonds. The molecule has 0 heterocycles. The summed E-state index contributed by atoms with van der Waals surface area (Å²) in [7, 11) is 0. The van der Waals surface area contributed by atoms with Gasteiger partial charge in [0.05, 0.1) is 6.61 Å². The highest BCUT2D eigenvalue weighted by molar-refractivity contribution is 5.39. The average molecular weight is 221 g/mol. The third-order valence-electron chi connectivity index (χ3n) is 2.81. The topological polar surface area (TPSA) is 41.5 Å². The van der Waals surface area contributed by atoms with Gasteiger partial charge in [-0.15, -0.1) is 0 Å². The van der Waals surface area contributed by atoms with Gasteiger partial charge in [-0.2, -0.15) is 0 Å². The monoisotopic (exact) mass is 221 g/mol. The molecule has 88 valence electrons. The summed E-state index contributed by atoms with van der Waals surface area (Å²) in [6.07, 6.45) is 2.69. The molecule has 3 heteroatoms. The number of aromatic hydroxyl groups is 1. The van der Waals surface area contributed by atoms with Gasteiger partial charge >= 0.3 is 0 Å². The van der Waals surface area contributed by atoms with Crippen molar-refractivity contribution in [2.24, 2.45) is 5.92 Å². The Balaban J connectivity index is 1.91. The predicted octanol–water partition coefficient (Wildman–Crippen LogP) is 2.29. The summed E-state index contributed by atoms with van der Waals surface area (Å²) in [4.78, 5) is 0. The third kappa shape index (κ3) is 3.14. The maximum atomic E-state index is 9.69. The highest BCUT2D eigenvalue weighted by Crippen LogP contribution is 2.28. The van der Waals surface area contributed by atoms with Crippen LogP contribution in [-0.2, 0) is 6.54 Å². The summed E-state index contributed by atoms with van der Waals surface area (Å²) in [5.74, 6) is 2.02. The lowest BCUT2D eigenvalue weighted by atomic mass is 10.2. The normalized spacial score (nSPS) is 15.1. The van der Waals surface area contributed by atoms with Gasteiger partial charge in [0.25, 0.3) is 0 Å². The fourth-order valence-corrected chi connectivity index (χ4v) is 1.69. The molecule has 3 nitrogen and oxygen atoms in total. The van der Waals surface area contributed by atoms with Crippen LogP contribution < -0.4 is 10.1 Å². The van der Waals surface area contributed by atoms with E-state index in [1.165, 1.54) is 12.8 Å². The molecule has 0 aromatic heterocycles. The largest absolute Gasteiger partial charge is 0.508 e. The van der Waals surface area contributed by atoms with Gasteiger partial charge in [0.2, 0.25) is 0 Å². The molecule has 0 unspecified atom stereocenters. The molecule has 1 aliphatic rings. The number of hydrogen-bond donors (Lipinski definition) is 2. The molecular weight excluding hydrogens is 202 g/mol. The second kappa shape index (κ2) is 5.21. The minimum atomic E-state index is 0.340. The zero-order chi connectivity index (χ0) is 11.4. The van der Waals surface area contributed by atoms with Gasteiger partial charge in [-0.1, -0.05) is 0 Å². The Morgan fingerprint density at radius 1 is 1.44 bits per heavy atom. The summed E-state index contributed by atoms with van der Waals surface area (Å²) < 4.78 is 5.40. The van der Waals surface area contributed by atoms with Gasteiger partial charge in [0.1, 0.15) is 11.5 Å². The van der Waals surface area contributed by atoms with Crippen LogP contribution in [0.2, 0.25) is 0 Å². The van der Waals surface area contributed by atoms with Crippen molar-refractivity contribution in [2.45, 2.75) is 26.3 Å². The summed E-state index contributed by atoms with van der Waals surface area (Å²) in [5, 5.41) is 13.0. The first kappa shape index (κ1) is 11.3. The Labute approximate surface area is 96.4 Å². The fraction of sp³-hybridized carbons (Fsp3) is 0.538. The summed E-state index contributed by atoms with van der Waals surface area (Å²) in [6.45, 7) is 4.37. The molecule has 1 fully saturated rings. The first-order chi connectivity index (χ1) is 7.79. The smallest absolute Gasteiger partial charge is 0.120 e. The second-order valence-corrected chi connectivity index (χ2v) is 4.30. The maximum Gasteiger partial charge on any atom is 0.120 e. The number of nitrogens with one attached hydrogen (secondary N) is 1. The van der Waals surface area contributed by atoms with Gasteiger partial charge in [-0.3, -0.25) is 0 Å². The van der Waals surface area contributed by atoms with Gasteiger partial charge in [-0.05, 0) is 50.4 Å². The van der Waals surface area contributed by atoms with Crippen molar-refractivity contribution >= 4 is 0 Å². The van der Waals surface area contributed by atoms with Crippen LogP contribution in [0.15, 0.2) is 18.2 Å². The molecule has 16 heavy (non-hydrogen) atoms.